The molecule has 0 aliphatic carbocycles. The lowest BCUT2D eigenvalue weighted by Crippen LogP contribution is -2.18. The molecule has 1 unspecified atom stereocenters. The fourth-order valence-electron chi connectivity index (χ4n) is 3.01. The van der Waals surface area contributed by atoms with E-state index in [9.17, 15) is 4.79 Å². The predicted octanol–water partition coefficient (Wildman–Crippen LogP) is 3.17. The molecule has 2 heterocycles. The summed E-state index contributed by atoms with van der Waals surface area (Å²) in [6, 6.07) is 5.68. The van der Waals surface area contributed by atoms with E-state index in [0.717, 1.165) is 31.4 Å². The Kier molecular flexibility index (Phi) is 6.12. The van der Waals surface area contributed by atoms with Crippen LogP contribution in [0.15, 0.2) is 30.6 Å². The largest absolute Gasteiger partial charge is 0.493 e. The summed E-state index contributed by atoms with van der Waals surface area (Å²) in [5.41, 5.74) is 1.71. The van der Waals surface area contributed by atoms with Gasteiger partial charge in [-0.15, -0.1) is 0 Å². The van der Waals surface area contributed by atoms with Crippen LogP contribution in [0.25, 0.3) is 0 Å². The van der Waals surface area contributed by atoms with Gasteiger partial charge < -0.3 is 19.5 Å². The standard InChI is InChI=1S/C19H25N3O4/c1-24-16-8-6-14(11-17(16)25-2)7-9-18(23)21-15-12-20-22(13-15)19-5-3-4-10-26-19/h6,8,11-13,19H,3-5,7,9-10H2,1-2H3,(H,21,23). The SMILES string of the molecule is COc1ccc(CCC(=O)Nc2cnn(C3CCCCO3)c2)cc1OC. The van der Waals surface area contributed by atoms with Crippen LogP contribution in [-0.4, -0.2) is 36.5 Å². The molecule has 140 valence electrons. The third-order valence-corrected chi connectivity index (χ3v) is 4.42. The van der Waals surface area contributed by atoms with Gasteiger partial charge in [-0.25, -0.2) is 4.68 Å². The van der Waals surface area contributed by atoms with Crippen molar-refractivity contribution in [2.24, 2.45) is 0 Å². The second-order valence-corrected chi connectivity index (χ2v) is 6.27. The summed E-state index contributed by atoms with van der Waals surface area (Å²) in [6.45, 7) is 0.761. The summed E-state index contributed by atoms with van der Waals surface area (Å²) in [6.07, 6.45) is 7.63. The summed E-state index contributed by atoms with van der Waals surface area (Å²) in [5, 5.41) is 7.19. The molecule has 1 aromatic heterocycles. The van der Waals surface area contributed by atoms with Crippen LogP contribution in [0.2, 0.25) is 0 Å². The van der Waals surface area contributed by atoms with Gasteiger partial charge in [0, 0.05) is 13.0 Å². The van der Waals surface area contributed by atoms with Crippen LogP contribution >= 0.6 is 0 Å². The molecule has 7 heteroatoms. The molecular formula is C19H25N3O4. The molecule has 1 atom stereocenters. The average Bonchev–Trinajstić information content (AvgIpc) is 3.15. The highest BCUT2D eigenvalue weighted by Gasteiger charge is 2.17. The molecule has 2 aromatic rings. The lowest BCUT2D eigenvalue weighted by atomic mass is 10.1. The Morgan fingerprint density at radius 1 is 1.31 bits per heavy atom. The molecule has 1 aromatic carbocycles. The summed E-state index contributed by atoms with van der Waals surface area (Å²) in [5.74, 6) is 1.29. The van der Waals surface area contributed by atoms with E-state index in [0.29, 0.717) is 30.0 Å². The third kappa shape index (κ3) is 4.54. The summed E-state index contributed by atoms with van der Waals surface area (Å²) in [4.78, 5) is 12.2. The number of nitrogens with one attached hydrogen (secondary N) is 1. The maximum absolute atomic E-state index is 12.2. The van der Waals surface area contributed by atoms with E-state index in [1.165, 1.54) is 0 Å². The summed E-state index contributed by atoms with van der Waals surface area (Å²) >= 11 is 0. The molecular weight excluding hydrogens is 334 g/mol. The highest BCUT2D eigenvalue weighted by atomic mass is 16.5. The van der Waals surface area contributed by atoms with Crippen molar-refractivity contribution in [2.75, 3.05) is 26.1 Å². The smallest absolute Gasteiger partial charge is 0.224 e. The Bertz CT molecular complexity index is 738. The fourth-order valence-corrected chi connectivity index (χ4v) is 3.01. The minimum atomic E-state index is -0.0519. The van der Waals surface area contributed by atoms with Crippen molar-refractivity contribution in [3.63, 3.8) is 0 Å². The lowest BCUT2D eigenvalue weighted by Gasteiger charge is -2.22. The number of anilines is 1. The Morgan fingerprint density at radius 2 is 2.15 bits per heavy atom. The molecule has 1 aliphatic heterocycles. The highest BCUT2D eigenvalue weighted by molar-refractivity contribution is 5.90. The molecule has 0 spiro atoms. The van der Waals surface area contributed by atoms with E-state index in [1.54, 1.807) is 25.1 Å². The number of ether oxygens (including phenoxy) is 3. The Balaban J connectivity index is 1.52. The predicted molar refractivity (Wildman–Crippen MR) is 97.6 cm³/mol. The lowest BCUT2D eigenvalue weighted by molar-refractivity contribution is -0.116. The third-order valence-electron chi connectivity index (χ3n) is 4.42. The normalized spacial score (nSPS) is 16.9. The zero-order chi connectivity index (χ0) is 18.4. The van der Waals surface area contributed by atoms with Gasteiger partial charge in [0.25, 0.3) is 0 Å². The van der Waals surface area contributed by atoms with Gasteiger partial charge in [0.05, 0.1) is 32.3 Å². The molecule has 1 fully saturated rings. The molecule has 1 aliphatic rings. The van der Waals surface area contributed by atoms with E-state index in [-0.39, 0.29) is 12.1 Å². The summed E-state index contributed by atoms with van der Waals surface area (Å²) < 4.78 is 18.0. The van der Waals surface area contributed by atoms with Crippen LogP contribution in [0.3, 0.4) is 0 Å². The number of hydrogen-bond donors (Lipinski definition) is 1. The van der Waals surface area contributed by atoms with Crippen LogP contribution in [0.1, 0.15) is 37.5 Å². The van der Waals surface area contributed by atoms with Crippen molar-refractivity contribution in [3.05, 3.63) is 36.2 Å². The Labute approximate surface area is 153 Å². The molecule has 0 bridgehead atoms. The van der Waals surface area contributed by atoms with E-state index in [4.69, 9.17) is 14.2 Å². The summed E-state index contributed by atoms with van der Waals surface area (Å²) in [7, 11) is 3.20. The number of carbonyl (C=O) groups is 1. The number of hydrogen-bond acceptors (Lipinski definition) is 5. The van der Waals surface area contributed by atoms with Gasteiger partial charge in [0.15, 0.2) is 11.5 Å². The van der Waals surface area contributed by atoms with Gasteiger partial charge in [-0.3, -0.25) is 4.79 Å². The zero-order valence-corrected chi connectivity index (χ0v) is 15.2. The Morgan fingerprint density at radius 3 is 2.88 bits per heavy atom. The van der Waals surface area contributed by atoms with Crippen molar-refractivity contribution in [1.29, 1.82) is 0 Å². The number of benzene rings is 1. The first-order chi connectivity index (χ1) is 12.7. The van der Waals surface area contributed by atoms with E-state index < -0.39 is 0 Å². The van der Waals surface area contributed by atoms with Gasteiger partial charge in [-0.2, -0.15) is 5.10 Å². The minimum absolute atomic E-state index is 0.0267. The monoisotopic (exact) mass is 359 g/mol. The van der Waals surface area contributed by atoms with Crippen LogP contribution in [0, 0.1) is 0 Å². The van der Waals surface area contributed by atoms with Gasteiger partial charge >= 0.3 is 0 Å². The van der Waals surface area contributed by atoms with Crippen molar-refractivity contribution >= 4 is 11.6 Å². The van der Waals surface area contributed by atoms with Crippen LogP contribution in [0.4, 0.5) is 5.69 Å². The Hall–Kier alpha value is -2.54. The van der Waals surface area contributed by atoms with Crippen LogP contribution in [0.5, 0.6) is 11.5 Å². The van der Waals surface area contributed by atoms with Gasteiger partial charge in [0.1, 0.15) is 6.23 Å². The second-order valence-electron chi connectivity index (χ2n) is 6.27. The van der Waals surface area contributed by atoms with Crippen LogP contribution in [-0.2, 0) is 16.0 Å². The maximum Gasteiger partial charge on any atom is 0.224 e. The van der Waals surface area contributed by atoms with Gasteiger partial charge in [-0.1, -0.05) is 6.07 Å². The zero-order valence-electron chi connectivity index (χ0n) is 15.2. The highest BCUT2D eigenvalue weighted by Crippen LogP contribution is 2.28. The van der Waals surface area contributed by atoms with E-state index in [2.05, 4.69) is 10.4 Å². The van der Waals surface area contributed by atoms with E-state index in [1.807, 2.05) is 24.4 Å². The topological polar surface area (TPSA) is 74.6 Å². The first-order valence-corrected chi connectivity index (χ1v) is 8.86. The molecule has 26 heavy (non-hydrogen) atoms. The number of nitrogens with zero attached hydrogens (tertiary/aromatic N) is 2. The first-order valence-electron chi connectivity index (χ1n) is 8.86. The van der Waals surface area contributed by atoms with Crippen molar-refractivity contribution < 1.29 is 19.0 Å². The molecule has 7 nitrogen and oxygen atoms in total. The molecule has 3 rings (SSSR count). The number of carbonyl (C=O) groups excluding carboxylic acids is 1. The van der Waals surface area contributed by atoms with Gasteiger partial charge in [-0.05, 0) is 43.4 Å². The number of aryl methyl sites for hydroxylation is 1. The number of aromatic nitrogens is 2. The maximum atomic E-state index is 12.2. The number of rotatable bonds is 7. The number of amides is 1. The van der Waals surface area contributed by atoms with Gasteiger partial charge in [0.2, 0.25) is 5.91 Å². The molecule has 1 N–H and O–H groups in total. The van der Waals surface area contributed by atoms with Crippen molar-refractivity contribution in [1.82, 2.24) is 9.78 Å². The molecule has 1 saturated heterocycles. The fraction of sp³-hybridized carbons (Fsp3) is 0.474. The average molecular weight is 359 g/mol. The molecule has 1 amide bonds. The molecule has 0 radical (unpaired) electrons. The quantitative estimate of drug-likeness (QED) is 0.822. The van der Waals surface area contributed by atoms with E-state index >= 15 is 0 Å². The van der Waals surface area contributed by atoms with Crippen molar-refractivity contribution in [3.8, 4) is 11.5 Å². The van der Waals surface area contributed by atoms with Crippen molar-refractivity contribution in [2.45, 2.75) is 38.3 Å². The minimum Gasteiger partial charge on any atom is -0.493 e. The molecule has 0 saturated carbocycles. The number of methoxy groups -OCH3 is 2. The second kappa shape index (κ2) is 8.71. The first kappa shape index (κ1) is 18.3. The van der Waals surface area contributed by atoms with Crippen LogP contribution < -0.4 is 14.8 Å².